The van der Waals surface area contributed by atoms with Gasteiger partial charge in [-0.25, -0.2) is 0 Å². The third-order valence-electron chi connectivity index (χ3n) is 3.13. The molecule has 0 atom stereocenters. The standard InChI is InChI=1S/C17H18INO/c1-17(2,3)12-8-10-13(11-9-12)19-16(20)14-6-4-5-7-15(14)18/h4-11H,1-3H3,(H,19,20). The van der Waals surface area contributed by atoms with Gasteiger partial charge in [0.2, 0.25) is 0 Å². The third kappa shape index (κ3) is 3.60. The molecular weight excluding hydrogens is 361 g/mol. The molecule has 2 rings (SSSR count). The molecule has 0 unspecified atom stereocenters. The van der Waals surface area contributed by atoms with E-state index >= 15 is 0 Å². The number of anilines is 1. The Hall–Kier alpha value is -1.36. The van der Waals surface area contributed by atoms with Crippen LogP contribution in [0, 0.1) is 3.57 Å². The maximum atomic E-state index is 12.2. The van der Waals surface area contributed by atoms with Gasteiger partial charge in [0.1, 0.15) is 0 Å². The van der Waals surface area contributed by atoms with Gasteiger partial charge in [-0.1, -0.05) is 45.0 Å². The zero-order chi connectivity index (χ0) is 14.8. The topological polar surface area (TPSA) is 29.1 Å². The van der Waals surface area contributed by atoms with Crippen molar-refractivity contribution in [3.05, 3.63) is 63.2 Å². The number of halogens is 1. The molecule has 1 amide bonds. The molecule has 0 aliphatic heterocycles. The summed E-state index contributed by atoms with van der Waals surface area (Å²) < 4.78 is 0.953. The van der Waals surface area contributed by atoms with E-state index in [-0.39, 0.29) is 11.3 Å². The normalized spacial score (nSPS) is 11.2. The van der Waals surface area contributed by atoms with Gasteiger partial charge in [-0.3, -0.25) is 4.79 Å². The minimum absolute atomic E-state index is 0.0708. The van der Waals surface area contributed by atoms with Gasteiger partial charge in [0.05, 0.1) is 5.56 Å². The van der Waals surface area contributed by atoms with Crippen molar-refractivity contribution in [3.63, 3.8) is 0 Å². The van der Waals surface area contributed by atoms with Crippen molar-refractivity contribution in [1.82, 2.24) is 0 Å². The van der Waals surface area contributed by atoms with E-state index in [2.05, 4.69) is 60.8 Å². The van der Waals surface area contributed by atoms with Crippen molar-refractivity contribution < 1.29 is 4.79 Å². The Morgan fingerprint density at radius 2 is 1.60 bits per heavy atom. The van der Waals surface area contributed by atoms with Crippen LogP contribution in [0.5, 0.6) is 0 Å². The molecule has 2 nitrogen and oxygen atoms in total. The number of amides is 1. The van der Waals surface area contributed by atoms with Crippen LogP contribution in [0.4, 0.5) is 5.69 Å². The number of carbonyl (C=O) groups is 1. The van der Waals surface area contributed by atoms with E-state index in [1.54, 1.807) is 0 Å². The number of hydrogen-bond acceptors (Lipinski definition) is 1. The summed E-state index contributed by atoms with van der Waals surface area (Å²) in [5.74, 6) is -0.0708. The van der Waals surface area contributed by atoms with Crippen LogP contribution in [-0.2, 0) is 5.41 Å². The molecular formula is C17H18INO. The average Bonchev–Trinajstić information content (AvgIpc) is 2.38. The minimum atomic E-state index is -0.0708. The fraction of sp³-hybridized carbons (Fsp3) is 0.235. The zero-order valence-electron chi connectivity index (χ0n) is 11.9. The summed E-state index contributed by atoms with van der Waals surface area (Å²) in [5.41, 5.74) is 2.90. The summed E-state index contributed by atoms with van der Waals surface area (Å²) in [7, 11) is 0. The van der Waals surface area contributed by atoms with E-state index in [0.717, 1.165) is 9.26 Å². The van der Waals surface area contributed by atoms with Gasteiger partial charge in [-0.05, 0) is 57.8 Å². The van der Waals surface area contributed by atoms with Gasteiger partial charge in [0, 0.05) is 9.26 Å². The average molecular weight is 379 g/mol. The second-order valence-corrected chi connectivity index (χ2v) is 6.92. The number of benzene rings is 2. The highest BCUT2D eigenvalue weighted by molar-refractivity contribution is 14.1. The molecule has 0 saturated heterocycles. The molecule has 3 heteroatoms. The summed E-state index contributed by atoms with van der Waals surface area (Å²) in [6, 6.07) is 15.6. The summed E-state index contributed by atoms with van der Waals surface area (Å²) in [4.78, 5) is 12.2. The molecule has 0 saturated carbocycles. The fourth-order valence-corrected chi connectivity index (χ4v) is 2.53. The molecule has 2 aromatic rings. The number of rotatable bonds is 2. The molecule has 0 aliphatic carbocycles. The Morgan fingerprint density at radius 1 is 1.00 bits per heavy atom. The number of hydrogen-bond donors (Lipinski definition) is 1. The number of nitrogens with one attached hydrogen (secondary N) is 1. The highest BCUT2D eigenvalue weighted by Gasteiger charge is 2.14. The van der Waals surface area contributed by atoms with Crippen molar-refractivity contribution in [2.75, 3.05) is 5.32 Å². The van der Waals surface area contributed by atoms with Crippen molar-refractivity contribution in [2.45, 2.75) is 26.2 Å². The van der Waals surface area contributed by atoms with Crippen LogP contribution in [0.2, 0.25) is 0 Å². The van der Waals surface area contributed by atoms with Gasteiger partial charge >= 0.3 is 0 Å². The van der Waals surface area contributed by atoms with E-state index < -0.39 is 0 Å². The summed E-state index contributed by atoms with van der Waals surface area (Å²) in [5, 5.41) is 2.93. The van der Waals surface area contributed by atoms with Crippen LogP contribution < -0.4 is 5.32 Å². The van der Waals surface area contributed by atoms with Crippen molar-refractivity contribution in [1.29, 1.82) is 0 Å². The highest BCUT2D eigenvalue weighted by atomic mass is 127. The molecule has 1 N–H and O–H groups in total. The molecule has 0 aromatic heterocycles. The molecule has 0 heterocycles. The van der Waals surface area contributed by atoms with Gasteiger partial charge in [0.15, 0.2) is 0 Å². The lowest BCUT2D eigenvalue weighted by atomic mass is 9.87. The maximum Gasteiger partial charge on any atom is 0.256 e. The molecule has 0 fully saturated rings. The van der Waals surface area contributed by atoms with Crippen LogP contribution in [-0.4, -0.2) is 5.91 Å². The third-order valence-corrected chi connectivity index (χ3v) is 4.07. The summed E-state index contributed by atoms with van der Waals surface area (Å²) in [6.07, 6.45) is 0. The lowest BCUT2D eigenvalue weighted by Crippen LogP contribution is -2.14. The molecule has 0 radical (unpaired) electrons. The Kier molecular flexibility index (Phi) is 4.48. The van der Waals surface area contributed by atoms with Crippen LogP contribution in [0.1, 0.15) is 36.7 Å². The van der Waals surface area contributed by atoms with E-state index in [0.29, 0.717) is 5.56 Å². The predicted molar refractivity (Wildman–Crippen MR) is 92.3 cm³/mol. The monoisotopic (exact) mass is 379 g/mol. The first kappa shape index (κ1) is 15.0. The smallest absolute Gasteiger partial charge is 0.256 e. The molecule has 0 spiro atoms. The van der Waals surface area contributed by atoms with Crippen molar-refractivity contribution >= 4 is 34.2 Å². The van der Waals surface area contributed by atoms with E-state index in [4.69, 9.17) is 0 Å². The van der Waals surface area contributed by atoms with Crippen molar-refractivity contribution in [2.24, 2.45) is 0 Å². The molecule has 20 heavy (non-hydrogen) atoms. The Morgan fingerprint density at radius 3 is 2.15 bits per heavy atom. The minimum Gasteiger partial charge on any atom is -0.322 e. The second kappa shape index (κ2) is 5.95. The molecule has 2 aromatic carbocycles. The van der Waals surface area contributed by atoms with Crippen LogP contribution in [0.25, 0.3) is 0 Å². The first-order valence-corrected chi connectivity index (χ1v) is 7.62. The Balaban J connectivity index is 2.15. The Bertz CT molecular complexity index is 612. The van der Waals surface area contributed by atoms with Crippen LogP contribution >= 0.6 is 22.6 Å². The van der Waals surface area contributed by atoms with Gasteiger partial charge in [0.25, 0.3) is 5.91 Å². The van der Waals surface area contributed by atoms with E-state index in [1.807, 2.05) is 36.4 Å². The van der Waals surface area contributed by atoms with Gasteiger partial charge < -0.3 is 5.32 Å². The summed E-state index contributed by atoms with van der Waals surface area (Å²) >= 11 is 2.17. The lowest BCUT2D eigenvalue weighted by molar-refractivity contribution is 0.102. The van der Waals surface area contributed by atoms with E-state index in [9.17, 15) is 4.79 Å². The zero-order valence-corrected chi connectivity index (χ0v) is 14.1. The second-order valence-electron chi connectivity index (χ2n) is 5.76. The summed E-state index contributed by atoms with van der Waals surface area (Å²) in [6.45, 7) is 6.52. The quantitative estimate of drug-likeness (QED) is 0.744. The van der Waals surface area contributed by atoms with Crippen LogP contribution in [0.3, 0.4) is 0 Å². The lowest BCUT2D eigenvalue weighted by Gasteiger charge is -2.19. The van der Waals surface area contributed by atoms with Crippen LogP contribution in [0.15, 0.2) is 48.5 Å². The van der Waals surface area contributed by atoms with Gasteiger partial charge in [-0.2, -0.15) is 0 Å². The molecule has 104 valence electrons. The van der Waals surface area contributed by atoms with E-state index in [1.165, 1.54) is 5.56 Å². The van der Waals surface area contributed by atoms with Crippen molar-refractivity contribution in [3.8, 4) is 0 Å². The maximum absolute atomic E-state index is 12.2. The predicted octanol–water partition coefficient (Wildman–Crippen LogP) is 4.84. The largest absolute Gasteiger partial charge is 0.322 e. The SMILES string of the molecule is CC(C)(C)c1ccc(NC(=O)c2ccccc2I)cc1. The first-order chi connectivity index (χ1) is 9.38. The van der Waals surface area contributed by atoms with Gasteiger partial charge in [-0.15, -0.1) is 0 Å². The Labute approximate surface area is 133 Å². The fourth-order valence-electron chi connectivity index (χ4n) is 1.90. The number of carbonyl (C=O) groups excluding carboxylic acids is 1. The molecule has 0 bridgehead atoms. The first-order valence-electron chi connectivity index (χ1n) is 6.54. The highest BCUT2D eigenvalue weighted by Crippen LogP contribution is 2.23. The molecule has 0 aliphatic rings.